The SMILES string of the molecule is CC12CC[C@@]34CC35CC[C@H](OC3CN(CCF)CCO3)C(C)(C)C5CCC4C1CC1OC([C@H](O)C(C)(C)O)CCC12. The first-order valence-electron chi connectivity index (χ1n) is 17.0. The molecule has 2 spiro atoms. The Morgan fingerprint density at radius 1 is 1.00 bits per heavy atom. The number of halogens is 1. The van der Waals surface area contributed by atoms with Gasteiger partial charge in [0.05, 0.1) is 30.5 Å². The van der Waals surface area contributed by atoms with Gasteiger partial charge in [-0.25, -0.2) is 4.39 Å². The molecule has 0 radical (unpaired) electrons. The average Bonchev–Trinajstić information content (AvgIpc) is 3.49. The molecule has 9 unspecified atom stereocenters. The number of hydrogen-bond acceptors (Lipinski definition) is 6. The molecule has 6 nitrogen and oxygen atoms in total. The number of ether oxygens (including phenoxy) is 3. The van der Waals surface area contributed by atoms with Crippen molar-refractivity contribution in [2.45, 2.75) is 135 Å². The van der Waals surface area contributed by atoms with Crippen molar-refractivity contribution in [3.63, 3.8) is 0 Å². The summed E-state index contributed by atoms with van der Waals surface area (Å²) in [4.78, 5) is 2.14. The molecule has 0 aromatic carbocycles. The zero-order chi connectivity index (χ0) is 29.0. The van der Waals surface area contributed by atoms with Crippen LogP contribution in [0.5, 0.6) is 0 Å². The van der Waals surface area contributed by atoms with Crippen molar-refractivity contribution in [2.75, 3.05) is 32.9 Å². The van der Waals surface area contributed by atoms with Crippen LogP contribution in [-0.2, 0) is 14.2 Å². The van der Waals surface area contributed by atoms with Gasteiger partial charge in [0.25, 0.3) is 0 Å². The van der Waals surface area contributed by atoms with E-state index in [-0.39, 0.29) is 36.7 Å². The molecule has 12 atom stereocenters. The third-order valence-corrected chi connectivity index (χ3v) is 14.5. The Bertz CT molecular complexity index is 1000. The lowest BCUT2D eigenvalue weighted by Gasteiger charge is -2.60. The van der Waals surface area contributed by atoms with Gasteiger partial charge in [0.2, 0.25) is 0 Å². The second kappa shape index (κ2) is 9.84. The standard InChI is InChI=1S/C34H56FNO5/c1-30(2)26-9-7-21-23-18-25-22(6-8-24(40-25)29(37)31(3,4)38)32(23,5)12-13-33(21)20-34(26,33)11-10-27(30)41-28-19-36(15-14-35)16-17-39-28/h21-29,37-38H,6-20H2,1-5H3/t21?,22?,23?,24?,25?,26?,27-,28?,29-,32?,33-,34?/m0/s1. The van der Waals surface area contributed by atoms with Gasteiger partial charge < -0.3 is 24.4 Å². The maximum atomic E-state index is 13.0. The number of morpholine rings is 1. The van der Waals surface area contributed by atoms with Crippen LogP contribution in [0.25, 0.3) is 0 Å². The predicted octanol–water partition coefficient (Wildman–Crippen LogP) is 5.34. The van der Waals surface area contributed by atoms with Crippen molar-refractivity contribution < 1.29 is 28.8 Å². The van der Waals surface area contributed by atoms with E-state index in [0.717, 1.165) is 38.1 Å². The molecule has 7 aliphatic rings. The van der Waals surface area contributed by atoms with Crippen molar-refractivity contribution in [1.82, 2.24) is 4.90 Å². The van der Waals surface area contributed by atoms with E-state index in [1.165, 1.54) is 38.5 Å². The third kappa shape index (κ3) is 4.29. The van der Waals surface area contributed by atoms with E-state index >= 15 is 0 Å². The van der Waals surface area contributed by atoms with Gasteiger partial charge in [0.15, 0.2) is 6.29 Å². The second-order valence-electron chi connectivity index (χ2n) is 16.8. The van der Waals surface area contributed by atoms with Crippen molar-refractivity contribution in [1.29, 1.82) is 0 Å². The number of aliphatic hydroxyl groups is 2. The summed E-state index contributed by atoms with van der Waals surface area (Å²) in [5.74, 6) is 2.76. The Morgan fingerprint density at radius 2 is 1.78 bits per heavy atom. The first-order chi connectivity index (χ1) is 19.4. The van der Waals surface area contributed by atoms with Crippen LogP contribution in [0.2, 0.25) is 0 Å². The molecule has 234 valence electrons. The first-order valence-corrected chi connectivity index (χ1v) is 17.0. The number of alkyl halides is 1. The number of rotatable bonds is 6. The van der Waals surface area contributed by atoms with E-state index in [0.29, 0.717) is 53.7 Å². The lowest BCUT2D eigenvalue weighted by atomic mass is 9.46. The van der Waals surface area contributed by atoms with Gasteiger partial charge >= 0.3 is 0 Å². The largest absolute Gasteiger partial charge is 0.388 e. The van der Waals surface area contributed by atoms with Crippen LogP contribution in [0.1, 0.15) is 98.8 Å². The molecule has 2 aliphatic heterocycles. The van der Waals surface area contributed by atoms with Gasteiger partial charge in [-0.2, -0.15) is 0 Å². The lowest BCUT2D eigenvalue weighted by molar-refractivity contribution is -0.245. The summed E-state index contributed by atoms with van der Waals surface area (Å²) in [6.07, 6.45) is 11.2. The first kappa shape index (κ1) is 29.4. The summed E-state index contributed by atoms with van der Waals surface area (Å²) < 4.78 is 32.4. The van der Waals surface area contributed by atoms with E-state index in [1.807, 2.05) is 0 Å². The topological polar surface area (TPSA) is 71.4 Å². The fraction of sp³-hybridized carbons (Fsp3) is 1.00. The monoisotopic (exact) mass is 577 g/mol. The van der Waals surface area contributed by atoms with Gasteiger partial charge in [-0.05, 0) is 123 Å². The molecule has 2 N–H and O–H groups in total. The van der Waals surface area contributed by atoms with Crippen LogP contribution in [0.4, 0.5) is 4.39 Å². The summed E-state index contributed by atoms with van der Waals surface area (Å²) in [5.41, 5.74) is 0.249. The predicted molar refractivity (Wildman–Crippen MR) is 155 cm³/mol. The molecule has 7 heteroatoms. The smallest absolute Gasteiger partial charge is 0.170 e. The minimum absolute atomic E-state index is 0.104. The normalized spacial score (nSPS) is 51.5. The summed E-state index contributed by atoms with van der Waals surface area (Å²) >= 11 is 0. The fourth-order valence-corrected chi connectivity index (χ4v) is 12.4. The zero-order valence-electron chi connectivity index (χ0n) is 26.2. The van der Waals surface area contributed by atoms with Gasteiger partial charge in [-0.3, -0.25) is 4.90 Å². The molecule has 0 aromatic rings. The molecule has 41 heavy (non-hydrogen) atoms. The Balaban J connectivity index is 1.06. The van der Waals surface area contributed by atoms with Crippen LogP contribution in [0.15, 0.2) is 0 Å². The fourth-order valence-electron chi connectivity index (χ4n) is 12.4. The highest BCUT2D eigenvalue weighted by Crippen LogP contribution is 2.87. The van der Waals surface area contributed by atoms with E-state index in [2.05, 4.69) is 25.7 Å². The van der Waals surface area contributed by atoms with E-state index < -0.39 is 11.7 Å². The maximum Gasteiger partial charge on any atom is 0.170 e. The van der Waals surface area contributed by atoms with Crippen LogP contribution in [0.3, 0.4) is 0 Å². The lowest BCUT2D eigenvalue weighted by Crippen LogP contribution is -2.56. The molecule has 2 heterocycles. The molecular formula is C34H56FNO5. The number of fused-ring (bicyclic) bond motifs is 4. The summed E-state index contributed by atoms with van der Waals surface area (Å²) in [6, 6.07) is 0. The Labute approximate surface area is 247 Å². The molecule has 5 saturated carbocycles. The third-order valence-electron chi connectivity index (χ3n) is 14.5. The Morgan fingerprint density at radius 3 is 2.54 bits per heavy atom. The minimum Gasteiger partial charge on any atom is -0.388 e. The van der Waals surface area contributed by atoms with Crippen molar-refractivity contribution in [3.8, 4) is 0 Å². The molecule has 0 aromatic heterocycles. The second-order valence-corrected chi connectivity index (χ2v) is 16.8. The molecule has 0 amide bonds. The number of nitrogens with zero attached hydrogens (tertiary/aromatic N) is 1. The molecule has 5 aliphatic carbocycles. The van der Waals surface area contributed by atoms with Crippen LogP contribution in [0, 0.1) is 45.3 Å². The van der Waals surface area contributed by atoms with Crippen molar-refractivity contribution in [3.05, 3.63) is 0 Å². The highest BCUT2D eigenvalue weighted by atomic mass is 19.1. The highest BCUT2D eigenvalue weighted by Gasteiger charge is 2.80. The Hall–Kier alpha value is -0.310. The van der Waals surface area contributed by atoms with E-state index in [4.69, 9.17) is 14.2 Å². The van der Waals surface area contributed by atoms with Gasteiger partial charge in [0.1, 0.15) is 12.8 Å². The summed E-state index contributed by atoms with van der Waals surface area (Å²) in [6.45, 7) is 13.2. The van der Waals surface area contributed by atoms with Crippen molar-refractivity contribution in [2.24, 2.45) is 45.3 Å². The quantitative estimate of drug-likeness (QED) is 0.444. The van der Waals surface area contributed by atoms with Gasteiger partial charge in [0, 0.05) is 19.6 Å². The molecule has 7 fully saturated rings. The number of aliphatic hydroxyl groups excluding tert-OH is 1. The van der Waals surface area contributed by atoms with Gasteiger partial charge in [-0.15, -0.1) is 0 Å². The zero-order valence-corrected chi connectivity index (χ0v) is 26.2. The van der Waals surface area contributed by atoms with Crippen LogP contribution < -0.4 is 0 Å². The van der Waals surface area contributed by atoms with E-state index in [9.17, 15) is 14.6 Å². The molecular weight excluding hydrogens is 521 g/mol. The maximum absolute atomic E-state index is 13.0. The summed E-state index contributed by atoms with van der Waals surface area (Å²) in [7, 11) is 0. The highest BCUT2D eigenvalue weighted by molar-refractivity contribution is 5.29. The molecule has 2 saturated heterocycles. The number of hydrogen-bond donors (Lipinski definition) is 2. The molecule has 7 rings (SSSR count). The summed E-state index contributed by atoms with van der Waals surface area (Å²) in [5, 5.41) is 21.3. The van der Waals surface area contributed by atoms with Crippen LogP contribution >= 0.6 is 0 Å². The molecule has 0 bridgehead atoms. The van der Waals surface area contributed by atoms with Crippen LogP contribution in [-0.4, -0.2) is 84.3 Å². The minimum atomic E-state index is -1.14. The van der Waals surface area contributed by atoms with Crippen molar-refractivity contribution >= 4 is 0 Å². The van der Waals surface area contributed by atoms with Gasteiger partial charge in [-0.1, -0.05) is 20.8 Å². The Kier molecular flexibility index (Phi) is 7.06. The van der Waals surface area contributed by atoms with E-state index in [1.54, 1.807) is 13.8 Å². The average molecular weight is 578 g/mol.